The normalized spacial score (nSPS) is 10.9. The summed E-state index contributed by atoms with van der Waals surface area (Å²) in [4.78, 5) is 39.8. The lowest BCUT2D eigenvalue weighted by Gasteiger charge is -2.12. The first-order chi connectivity index (χ1) is 20.3. The molecule has 214 valence electrons. The van der Waals surface area contributed by atoms with Crippen LogP contribution in [0.4, 0.5) is 10.5 Å². The van der Waals surface area contributed by atoms with E-state index in [4.69, 9.17) is 19.9 Å². The molecule has 4 amide bonds. The topological polar surface area (TPSA) is 142 Å². The number of imide groups is 1. The number of anilines is 1. The maximum atomic E-state index is 13.4. The number of aromatic nitrogens is 1. The number of rotatable bonds is 11. The molecule has 0 fully saturated rings. The Morgan fingerprint density at radius 3 is 1.98 bits per heavy atom. The summed E-state index contributed by atoms with van der Waals surface area (Å²) in [6.07, 6.45) is 5.55. The van der Waals surface area contributed by atoms with Gasteiger partial charge in [-0.2, -0.15) is 0 Å². The lowest BCUT2D eigenvalue weighted by Crippen LogP contribution is -2.35. The molecule has 10 heteroatoms. The lowest BCUT2D eigenvalue weighted by molar-refractivity contribution is -0.120. The second-order valence-corrected chi connectivity index (χ2v) is 9.08. The molecule has 4 rings (SSSR count). The molecular weight excluding hydrogens is 536 g/mol. The fraction of sp³-hybridized carbons (Fsp3) is 0.125. The second-order valence-electron chi connectivity index (χ2n) is 9.08. The van der Waals surface area contributed by atoms with Crippen molar-refractivity contribution in [1.29, 1.82) is 0 Å². The Morgan fingerprint density at radius 1 is 0.810 bits per heavy atom. The number of carbonyl (C=O) groups excluding carboxylic acids is 3. The van der Waals surface area contributed by atoms with Crippen LogP contribution in [0.1, 0.15) is 23.1 Å². The summed E-state index contributed by atoms with van der Waals surface area (Å²) in [5, 5.41) is 4.96. The minimum Gasteiger partial charge on any atom is -0.497 e. The smallest absolute Gasteiger partial charge is 0.318 e. The van der Waals surface area contributed by atoms with E-state index in [0.29, 0.717) is 46.2 Å². The molecule has 0 saturated heterocycles. The van der Waals surface area contributed by atoms with Crippen LogP contribution in [0, 0.1) is 0 Å². The maximum Gasteiger partial charge on any atom is 0.318 e. The minimum absolute atomic E-state index is 0.137. The zero-order chi connectivity index (χ0) is 29.9. The van der Waals surface area contributed by atoms with Crippen molar-refractivity contribution in [3.05, 3.63) is 108 Å². The van der Waals surface area contributed by atoms with E-state index < -0.39 is 11.9 Å². The minimum atomic E-state index is -0.868. The molecular formula is C32H30N4O6. The summed E-state index contributed by atoms with van der Waals surface area (Å²) in [7, 11) is 3.13. The van der Waals surface area contributed by atoms with E-state index in [1.165, 1.54) is 0 Å². The number of amides is 4. The van der Waals surface area contributed by atoms with Crippen molar-refractivity contribution < 1.29 is 28.6 Å². The van der Waals surface area contributed by atoms with Crippen LogP contribution in [0.25, 0.3) is 11.6 Å². The Balaban J connectivity index is 1.53. The van der Waals surface area contributed by atoms with Crippen LogP contribution in [0.2, 0.25) is 0 Å². The van der Waals surface area contributed by atoms with Crippen LogP contribution in [0.3, 0.4) is 0 Å². The van der Waals surface area contributed by atoms with Crippen molar-refractivity contribution >= 4 is 35.2 Å². The Kier molecular flexibility index (Phi) is 9.87. The van der Waals surface area contributed by atoms with Crippen molar-refractivity contribution in [2.45, 2.75) is 12.8 Å². The number of hydrogen-bond acceptors (Lipinski definition) is 7. The number of nitrogens with two attached hydrogens (primary N) is 1. The number of pyridine rings is 1. The van der Waals surface area contributed by atoms with E-state index in [0.717, 1.165) is 11.1 Å². The number of aryl methyl sites for hydroxylation is 1. The van der Waals surface area contributed by atoms with Crippen molar-refractivity contribution in [1.82, 2.24) is 10.3 Å². The van der Waals surface area contributed by atoms with Gasteiger partial charge in [-0.05, 0) is 77.7 Å². The quantitative estimate of drug-likeness (QED) is 0.167. The third-order valence-electron chi connectivity index (χ3n) is 6.10. The fourth-order valence-corrected chi connectivity index (χ4v) is 4.01. The van der Waals surface area contributed by atoms with E-state index in [2.05, 4.69) is 10.3 Å². The first-order valence-electron chi connectivity index (χ1n) is 13.0. The van der Waals surface area contributed by atoms with E-state index in [9.17, 15) is 14.4 Å². The predicted octanol–water partition coefficient (Wildman–Crippen LogP) is 5.20. The van der Waals surface area contributed by atoms with Gasteiger partial charge in [0.1, 0.15) is 23.0 Å². The van der Waals surface area contributed by atoms with Gasteiger partial charge in [0.15, 0.2) is 0 Å². The monoisotopic (exact) mass is 566 g/mol. The molecule has 0 aliphatic carbocycles. The maximum absolute atomic E-state index is 13.4. The van der Waals surface area contributed by atoms with Gasteiger partial charge in [-0.25, -0.2) is 4.79 Å². The Bertz CT molecular complexity index is 1550. The van der Waals surface area contributed by atoms with Crippen LogP contribution < -0.4 is 30.6 Å². The summed E-state index contributed by atoms with van der Waals surface area (Å²) in [5.74, 6) is 1.62. The first kappa shape index (κ1) is 29.3. The number of nitrogens with zero attached hydrogens (tertiary/aromatic N) is 1. The molecule has 1 aromatic heterocycles. The number of urea groups is 1. The second kappa shape index (κ2) is 14.1. The highest BCUT2D eigenvalue weighted by atomic mass is 16.5. The van der Waals surface area contributed by atoms with Gasteiger partial charge in [0.25, 0.3) is 5.91 Å². The summed E-state index contributed by atoms with van der Waals surface area (Å²) in [6, 6.07) is 22.4. The van der Waals surface area contributed by atoms with Gasteiger partial charge in [0.05, 0.1) is 14.2 Å². The van der Waals surface area contributed by atoms with Crippen LogP contribution in [-0.2, 0) is 16.0 Å². The highest BCUT2D eigenvalue weighted by Crippen LogP contribution is 2.29. The predicted molar refractivity (Wildman–Crippen MR) is 159 cm³/mol. The molecule has 1 heterocycles. The number of methoxy groups -OCH3 is 2. The number of ether oxygens (including phenoxy) is 3. The molecule has 0 spiro atoms. The molecule has 0 aliphatic heterocycles. The SMILES string of the molecule is COc1cc(C=C(C(=O)Nc2ccncc2)c2ccc(Oc3ccc(CCC(=O)NC(N)=O)cc3)cc2)cc(OC)c1. The first-order valence-corrected chi connectivity index (χ1v) is 13.0. The van der Waals surface area contributed by atoms with Crippen LogP contribution >= 0.6 is 0 Å². The number of carbonyl (C=O) groups is 3. The van der Waals surface area contributed by atoms with Gasteiger partial charge < -0.3 is 25.3 Å². The van der Waals surface area contributed by atoms with Gasteiger partial charge in [-0.1, -0.05) is 24.3 Å². The Morgan fingerprint density at radius 2 is 1.40 bits per heavy atom. The van der Waals surface area contributed by atoms with Crippen molar-refractivity contribution in [2.24, 2.45) is 5.73 Å². The van der Waals surface area contributed by atoms with Gasteiger partial charge in [0, 0.05) is 36.1 Å². The molecule has 0 radical (unpaired) electrons. The zero-order valence-electron chi connectivity index (χ0n) is 23.1. The molecule has 42 heavy (non-hydrogen) atoms. The van der Waals surface area contributed by atoms with Gasteiger partial charge in [-0.3, -0.25) is 19.9 Å². The average molecular weight is 567 g/mol. The largest absolute Gasteiger partial charge is 0.497 e. The Hall–Kier alpha value is -5.64. The molecule has 0 saturated carbocycles. The van der Waals surface area contributed by atoms with E-state index >= 15 is 0 Å². The highest BCUT2D eigenvalue weighted by Gasteiger charge is 2.14. The standard InChI is InChI=1S/C32H30N4O6/c1-40-27-17-22(18-28(20-27)41-2)19-29(31(38)35-24-13-15-34-16-14-24)23-6-10-26(11-7-23)42-25-8-3-21(4-9-25)5-12-30(37)36-32(33)39/h3-4,6-11,13-20H,5,12H2,1-2H3,(H,34,35,38)(H3,33,36,37,39). The van der Waals surface area contributed by atoms with Gasteiger partial charge >= 0.3 is 6.03 Å². The molecule has 0 atom stereocenters. The molecule has 0 aliphatic rings. The molecule has 0 bridgehead atoms. The van der Waals surface area contributed by atoms with Crippen LogP contribution in [-0.4, -0.2) is 37.0 Å². The van der Waals surface area contributed by atoms with E-state index in [1.807, 2.05) is 29.6 Å². The summed E-state index contributed by atoms with van der Waals surface area (Å²) >= 11 is 0. The van der Waals surface area contributed by atoms with Gasteiger partial charge in [-0.15, -0.1) is 0 Å². The zero-order valence-corrected chi connectivity index (χ0v) is 23.1. The third-order valence-corrected chi connectivity index (χ3v) is 6.10. The molecule has 10 nitrogen and oxygen atoms in total. The summed E-state index contributed by atoms with van der Waals surface area (Å²) < 4.78 is 16.8. The Labute approximate surface area is 243 Å². The fourth-order valence-electron chi connectivity index (χ4n) is 4.01. The van der Waals surface area contributed by atoms with Crippen LogP contribution in [0.15, 0.2) is 91.3 Å². The molecule has 3 aromatic carbocycles. The molecule has 4 aromatic rings. The molecule has 0 unspecified atom stereocenters. The number of hydrogen-bond donors (Lipinski definition) is 3. The van der Waals surface area contributed by atoms with Gasteiger partial charge in [0.2, 0.25) is 5.91 Å². The number of benzene rings is 3. The van der Waals surface area contributed by atoms with Crippen molar-refractivity contribution in [3.63, 3.8) is 0 Å². The van der Waals surface area contributed by atoms with Crippen molar-refractivity contribution in [3.8, 4) is 23.0 Å². The third kappa shape index (κ3) is 8.43. The van der Waals surface area contributed by atoms with Crippen molar-refractivity contribution in [2.75, 3.05) is 19.5 Å². The summed E-state index contributed by atoms with van der Waals surface area (Å²) in [6.45, 7) is 0. The number of primary amides is 1. The molecule has 4 N–H and O–H groups in total. The van der Waals surface area contributed by atoms with E-state index in [1.54, 1.807) is 87.3 Å². The lowest BCUT2D eigenvalue weighted by atomic mass is 10.0. The average Bonchev–Trinajstić information content (AvgIpc) is 3.00. The number of nitrogens with one attached hydrogen (secondary N) is 2. The van der Waals surface area contributed by atoms with Crippen LogP contribution in [0.5, 0.6) is 23.0 Å². The van der Waals surface area contributed by atoms with E-state index in [-0.39, 0.29) is 12.3 Å². The summed E-state index contributed by atoms with van der Waals surface area (Å²) in [5.41, 5.74) is 8.28. The highest BCUT2D eigenvalue weighted by molar-refractivity contribution is 6.29.